The Labute approximate surface area is 93.8 Å². The Morgan fingerprint density at radius 2 is 2.13 bits per heavy atom. The van der Waals surface area contributed by atoms with Gasteiger partial charge < -0.3 is 16.2 Å². The molecule has 0 aromatic heterocycles. The molecule has 2 atom stereocenters. The number of hydrogen-bond acceptors (Lipinski definition) is 4. The van der Waals surface area contributed by atoms with Gasteiger partial charge >= 0.3 is 5.97 Å². The summed E-state index contributed by atoms with van der Waals surface area (Å²) in [6.45, 7) is 1.88. The van der Waals surface area contributed by atoms with Gasteiger partial charge in [0.15, 0.2) is 0 Å². The molecule has 0 saturated heterocycles. The van der Waals surface area contributed by atoms with Gasteiger partial charge in [-0.05, 0) is 25.4 Å². The molecule has 2 unspecified atom stereocenters. The molecule has 6 heteroatoms. The lowest BCUT2D eigenvalue weighted by Crippen LogP contribution is -2.45. The van der Waals surface area contributed by atoms with E-state index in [9.17, 15) is 9.59 Å². The average molecular weight is 234 g/mol. The first-order valence-corrected chi connectivity index (χ1v) is 6.13. The highest BCUT2D eigenvalue weighted by Crippen LogP contribution is 2.00. The van der Waals surface area contributed by atoms with Gasteiger partial charge in [0.05, 0.1) is 12.5 Å². The average Bonchev–Trinajstić information content (AvgIpc) is 2.13. The summed E-state index contributed by atoms with van der Waals surface area (Å²) < 4.78 is 0. The number of aliphatic carboxylic acids is 1. The van der Waals surface area contributed by atoms with Crippen molar-refractivity contribution in [3.8, 4) is 0 Å². The van der Waals surface area contributed by atoms with Crippen molar-refractivity contribution in [2.24, 2.45) is 5.73 Å². The molecule has 0 fully saturated rings. The third kappa shape index (κ3) is 7.21. The Kier molecular flexibility index (Phi) is 7.15. The van der Waals surface area contributed by atoms with E-state index in [1.807, 2.05) is 13.2 Å². The lowest BCUT2D eigenvalue weighted by atomic mass is 10.2. The number of thioether (sulfide) groups is 1. The fourth-order valence-corrected chi connectivity index (χ4v) is 1.59. The minimum absolute atomic E-state index is 0.0322. The maximum atomic E-state index is 11.3. The van der Waals surface area contributed by atoms with Crippen LogP contribution < -0.4 is 11.1 Å². The number of nitrogens with two attached hydrogens (primary N) is 1. The van der Waals surface area contributed by atoms with E-state index in [1.54, 1.807) is 11.8 Å². The number of carboxylic acid groups (broad SMARTS) is 1. The maximum absolute atomic E-state index is 11.3. The predicted molar refractivity (Wildman–Crippen MR) is 60.8 cm³/mol. The summed E-state index contributed by atoms with van der Waals surface area (Å²) in [4.78, 5) is 21.7. The van der Waals surface area contributed by atoms with Crippen LogP contribution in [0.5, 0.6) is 0 Å². The second-order valence-electron chi connectivity index (χ2n) is 3.40. The van der Waals surface area contributed by atoms with Gasteiger partial charge in [-0.25, -0.2) is 0 Å². The first-order chi connectivity index (χ1) is 6.97. The topological polar surface area (TPSA) is 92.4 Å². The highest BCUT2D eigenvalue weighted by molar-refractivity contribution is 7.98. The number of hydrogen-bond donors (Lipinski definition) is 3. The van der Waals surface area contributed by atoms with E-state index in [-0.39, 0.29) is 12.5 Å². The molecule has 0 aromatic rings. The number of rotatable bonds is 7. The smallest absolute Gasteiger partial charge is 0.305 e. The number of carboxylic acids is 1. The van der Waals surface area contributed by atoms with Crippen LogP contribution in [0, 0.1) is 0 Å². The Bertz CT molecular complexity index is 223. The molecule has 0 aliphatic rings. The zero-order valence-corrected chi connectivity index (χ0v) is 9.84. The lowest BCUT2D eigenvalue weighted by molar-refractivity contribution is -0.139. The number of amides is 1. The molecule has 0 aromatic carbocycles. The predicted octanol–water partition coefficient (Wildman–Crippen LogP) is 0.0462. The van der Waals surface area contributed by atoms with E-state index in [4.69, 9.17) is 10.8 Å². The Morgan fingerprint density at radius 1 is 1.53 bits per heavy atom. The van der Waals surface area contributed by atoms with Gasteiger partial charge in [-0.3, -0.25) is 9.59 Å². The van der Waals surface area contributed by atoms with Crippen molar-refractivity contribution in [2.45, 2.75) is 31.8 Å². The second kappa shape index (κ2) is 7.53. The molecular formula is C9H18N2O3S. The van der Waals surface area contributed by atoms with Crippen LogP contribution in [0.2, 0.25) is 0 Å². The van der Waals surface area contributed by atoms with Crippen LogP contribution in [-0.2, 0) is 9.59 Å². The van der Waals surface area contributed by atoms with E-state index in [2.05, 4.69) is 5.32 Å². The van der Waals surface area contributed by atoms with E-state index in [1.165, 1.54) is 0 Å². The van der Waals surface area contributed by atoms with Gasteiger partial charge in [0, 0.05) is 6.04 Å². The minimum Gasteiger partial charge on any atom is -0.481 e. The van der Waals surface area contributed by atoms with Gasteiger partial charge in [-0.1, -0.05) is 0 Å². The van der Waals surface area contributed by atoms with E-state index < -0.39 is 17.9 Å². The Balaban J connectivity index is 3.85. The molecule has 0 spiro atoms. The monoisotopic (exact) mass is 234 g/mol. The van der Waals surface area contributed by atoms with Crippen molar-refractivity contribution >= 4 is 23.6 Å². The first kappa shape index (κ1) is 14.2. The number of carbonyl (C=O) groups is 2. The van der Waals surface area contributed by atoms with E-state index >= 15 is 0 Å². The van der Waals surface area contributed by atoms with Crippen molar-refractivity contribution in [2.75, 3.05) is 12.0 Å². The van der Waals surface area contributed by atoms with Crippen LogP contribution in [0.15, 0.2) is 0 Å². The van der Waals surface area contributed by atoms with E-state index in [0.29, 0.717) is 0 Å². The second-order valence-corrected chi connectivity index (χ2v) is 4.38. The fraction of sp³-hybridized carbons (Fsp3) is 0.778. The summed E-state index contributed by atoms with van der Waals surface area (Å²) in [5.74, 6) is -0.504. The molecule has 0 radical (unpaired) electrons. The van der Waals surface area contributed by atoms with Gasteiger partial charge in [-0.15, -0.1) is 0 Å². The summed E-state index contributed by atoms with van der Waals surface area (Å²) in [6, 6.07) is -0.927. The molecule has 0 bridgehead atoms. The Morgan fingerprint density at radius 3 is 2.60 bits per heavy atom. The van der Waals surface area contributed by atoms with Crippen molar-refractivity contribution in [1.29, 1.82) is 0 Å². The van der Waals surface area contributed by atoms with Crippen molar-refractivity contribution in [3.05, 3.63) is 0 Å². The standard InChI is InChI=1S/C9H18N2O3S/c1-6(3-4-15-2)11-9(14)7(10)5-8(12)13/h6-7H,3-5,10H2,1-2H3,(H,11,14)(H,12,13). The largest absolute Gasteiger partial charge is 0.481 e. The molecule has 88 valence electrons. The van der Waals surface area contributed by atoms with Crippen LogP contribution in [0.25, 0.3) is 0 Å². The molecule has 0 heterocycles. The first-order valence-electron chi connectivity index (χ1n) is 4.74. The number of carbonyl (C=O) groups excluding carboxylic acids is 1. The summed E-state index contributed by atoms with van der Waals surface area (Å²) in [5.41, 5.74) is 5.40. The Hall–Kier alpha value is -0.750. The maximum Gasteiger partial charge on any atom is 0.305 e. The normalized spacial score (nSPS) is 14.3. The van der Waals surface area contributed by atoms with Crippen LogP contribution in [0.1, 0.15) is 19.8 Å². The number of nitrogens with one attached hydrogen (secondary N) is 1. The fourth-order valence-electron chi connectivity index (χ4n) is 0.998. The molecule has 0 saturated carbocycles. The van der Waals surface area contributed by atoms with E-state index in [0.717, 1.165) is 12.2 Å². The van der Waals surface area contributed by atoms with Crippen LogP contribution >= 0.6 is 11.8 Å². The third-order valence-electron chi connectivity index (χ3n) is 1.87. The van der Waals surface area contributed by atoms with Gasteiger partial charge in [0.2, 0.25) is 5.91 Å². The summed E-state index contributed by atoms with van der Waals surface area (Å²) in [7, 11) is 0. The van der Waals surface area contributed by atoms with Crippen molar-refractivity contribution in [3.63, 3.8) is 0 Å². The van der Waals surface area contributed by atoms with Gasteiger partial charge in [-0.2, -0.15) is 11.8 Å². The zero-order valence-electron chi connectivity index (χ0n) is 9.03. The molecular weight excluding hydrogens is 216 g/mol. The quantitative estimate of drug-likeness (QED) is 0.578. The highest BCUT2D eigenvalue weighted by Gasteiger charge is 2.18. The molecule has 15 heavy (non-hydrogen) atoms. The van der Waals surface area contributed by atoms with Crippen molar-refractivity contribution in [1.82, 2.24) is 5.32 Å². The van der Waals surface area contributed by atoms with Crippen LogP contribution in [0.4, 0.5) is 0 Å². The highest BCUT2D eigenvalue weighted by atomic mass is 32.2. The summed E-state index contributed by atoms with van der Waals surface area (Å²) >= 11 is 1.70. The summed E-state index contributed by atoms with van der Waals surface area (Å²) in [5, 5.41) is 11.1. The van der Waals surface area contributed by atoms with Gasteiger partial charge in [0.1, 0.15) is 0 Å². The molecule has 0 rings (SSSR count). The third-order valence-corrected chi connectivity index (χ3v) is 2.52. The van der Waals surface area contributed by atoms with Crippen molar-refractivity contribution < 1.29 is 14.7 Å². The molecule has 5 nitrogen and oxygen atoms in total. The van der Waals surface area contributed by atoms with Crippen LogP contribution in [0.3, 0.4) is 0 Å². The minimum atomic E-state index is -1.06. The molecule has 0 aliphatic heterocycles. The molecule has 4 N–H and O–H groups in total. The lowest BCUT2D eigenvalue weighted by Gasteiger charge is -2.16. The molecule has 1 amide bonds. The zero-order chi connectivity index (χ0) is 11.8. The summed E-state index contributed by atoms with van der Waals surface area (Å²) in [6.07, 6.45) is 2.51. The SMILES string of the molecule is CSCCC(C)NC(=O)C(N)CC(=O)O. The molecule has 0 aliphatic carbocycles. The van der Waals surface area contributed by atoms with Crippen LogP contribution in [-0.4, -0.2) is 41.1 Å². The van der Waals surface area contributed by atoms with Gasteiger partial charge in [0.25, 0.3) is 0 Å².